The van der Waals surface area contributed by atoms with E-state index in [0.717, 1.165) is 73.6 Å². The fraction of sp³-hybridized carbons (Fsp3) is 0.382. The van der Waals surface area contributed by atoms with Gasteiger partial charge in [-0.2, -0.15) is 10.2 Å². The van der Waals surface area contributed by atoms with E-state index in [2.05, 4.69) is 37.7 Å². The first-order valence-corrected chi connectivity index (χ1v) is 33.6. The van der Waals surface area contributed by atoms with Gasteiger partial charge in [0.1, 0.15) is 11.6 Å². The number of aliphatic hydroxyl groups is 2. The average molecular weight is 1330 g/mol. The van der Waals surface area contributed by atoms with Gasteiger partial charge >= 0.3 is 6.36 Å². The maximum Gasteiger partial charge on any atom is 0.573 e. The zero-order chi connectivity index (χ0) is 69.5. The van der Waals surface area contributed by atoms with Crippen molar-refractivity contribution in [3.05, 3.63) is 207 Å². The minimum atomic E-state index is -4.86. The van der Waals surface area contributed by atoms with E-state index in [1.165, 1.54) is 30.3 Å². The first kappa shape index (κ1) is 71.8. The monoisotopic (exact) mass is 1330 g/mol. The van der Waals surface area contributed by atoms with Crippen molar-refractivity contribution in [3.8, 4) is 39.4 Å². The highest BCUT2D eigenvalue weighted by molar-refractivity contribution is 6.01. The summed E-state index contributed by atoms with van der Waals surface area (Å²) in [7, 11) is 0. The number of ether oxygens (including phenoxy) is 1. The second-order valence-corrected chi connectivity index (χ2v) is 24.7. The zero-order valence-corrected chi connectivity index (χ0v) is 56.3. The predicted molar refractivity (Wildman–Crippen MR) is 365 cm³/mol. The third kappa shape index (κ3) is 17.2. The number of aliphatic hydroxyl groups excluding tert-OH is 2. The number of unbranched alkanes of at least 4 members (excludes halogenated alkanes) is 4. The summed E-state index contributed by atoms with van der Waals surface area (Å²) < 4.78 is 61.5. The lowest BCUT2D eigenvalue weighted by molar-refractivity contribution is -0.274. The molecule has 0 saturated heterocycles. The standard InChI is InChI=1S/C39H46FN5O4.C37H41F3N4O4/c1-5-8-18-43(19-9-6-2)39(49)35-20-26(4)45(42-35)36-17-15-28(29-14-16-32(34(40)23-29)37(47)41-7-3)22-33(36)38(48)44-24-30-13-11-10-12-27(30)21-31(44)25-46;1-4-6-17-42(18-7-5-2)36(47)33-19-25(3)44(41-33)34-16-15-28(27-13-10-14-31(21-27)48-37(38,39)40)22-32(34)35(46)43-23-29-12-9-8-11-26(29)20-30(43)24-45/h10-17,20,22-23,31,46H,5-9,18-19,21,24-25H2,1-4H3,(H,41,47);8-16,19,21-22,30,45H,4-7,17-18,20,23-24H2,1-3H3/t31-;30-/m00/s1. The molecular weight excluding hydrogens is 1240 g/mol. The molecule has 2 aliphatic rings. The molecule has 0 spiro atoms. The van der Waals surface area contributed by atoms with Crippen LogP contribution in [0.25, 0.3) is 33.6 Å². The second-order valence-electron chi connectivity index (χ2n) is 24.7. The first-order chi connectivity index (χ1) is 46.7. The number of rotatable bonds is 25. The number of fused-ring (bicyclic) bond motifs is 2. The number of nitrogens with zero attached hydrogens (tertiary/aromatic N) is 8. The van der Waals surface area contributed by atoms with Gasteiger partial charge in [-0.1, -0.05) is 132 Å². The Balaban J connectivity index is 0.000000227. The Hall–Kier alpha value is -9.47. The average Bonchev–Trinajstić information content (AvgIpc) is 1.78. The SMILES string of the molecule is CCCCN(CCCC)C(=O)c1cc(C)n(-c2ccc(-c3ccc(C(=O)NCC)c(F)c3)cc2C(=O)N2Cc3ccccc3C[C@H]2CO)n1.CCCCN(CCCC)C(=O)c1cc(C)n(-c2ccc(-c3cccc(OC(F)(F)F)c3)cc2C(=O)N2Cc3ccccc3C[C@H]2CO)n1. The zero-order valence-electron chi connectivity index (χ0n) is 56.3. The number of hydrogen-bond acceptors (Lipinski definition) is 10. The van der Waals surface area contributed by atoms with Crippen LogP contribution >= 0.6 is 0 Å². The molecule has 3 N–H and O–H groups in total. The van der Waals surface area contributed by atoms with Gasteiger partial charge in [0.15, 0.2) is 11.4 Å². The third-order valence-corrected chi connectivity index (χ3v) is 17.8. The molecule has 0 bridgehead atoms. The molecule has 10 rings (SSSR count). The van der Waals surface area contributed by atoms with Crippen LogP contribution in [0, 0.1) is 19.7 Å². The number of amides is 5. The van der Waals surface area contributed by atoms with Gasteiger partial charge < -0.3 is 39.9 Å². The molecular formula is C76H87F4N9O8. The number of benzene rings is 6. The molecule has 0 fully saturated rings. The molecule has 2 aliphatic heterocycles. The maximum atomic E-state index is 15.2. The Labute approximate surface area is 564 Å². The molecule has 6 aromatic carbocycles. The van der Waals surface area contributed by atoms with E-state index in [1.54, 1.807) is 93.7 Å². The van der Waals surface area contributed by atoms with Crippen molar-refractivity contribution in [3.63, 3.8) is 0 Å². The second kappa shape index (κ2) is 33.0. The maximum absolute atomic E-state index is 15.2. The highest BCUT2D eigenvalue weighted by Crippen LogP contribution is 2.35. The van der Waals surface area contributed by atoms with Crippen LogP contribution in [0.1, 0.15) is 172 Å². The summed E-state index contributed by atoms with van der Waals surface area (Å²) in [5, 5.41) is 32.8. The number of carbonyl (C=O) groups is 5. The van der Waals surface area contributed by atoms with Crippen LogP contribution in [0.15, 0.2) is 140 Å². The van der Waals surface area contributed by atoms with Crippen molar-refractivity contribution in [1.82, 2.24) is 44.5 Å². The van der Waals surface area contributed by atoms with Crippen molar-refractivity contribution in [2.45, 2.75) is 144 Å². The van der Waals surface area contributed by atoms with Gasteiger partial charge in [-0.05, 0) is 164 Å². The molecule has 17 nitrogen and oxygen atoms in total. The highest BCUT2D eigenvalue weighted by Gasteiger charge is 2.36. The molecule has 2 aromatic heterocycles. The van der Waals surface area contributed by atoms with E-state index >= 15 is 4.39 Å². The smallest absolute Gasteiger partial charge is 0.406 e. The predicted octanol–water partition coefficient (Wildman–Crippen LogP) is 13.7. The molecule has 512 valence electrons. The number of halogens is 4. The minimum Gasteiger partial charge on any atom is -0.406 e. The van der Waals surface area contributed by atoms with Gasteiger partial charge in [-0.15, -0.1) is 13.2 Å². The number of nitrogens with one attached hydrogen (secondary N) is 1. The van der Waals surface area contributed by atoms with Gasteiger partial charge in [-0.3, -0.25) is 24.0 Å². The minimum absolute atomic E-state index is 0.0624. The van der Waals surface area contributed by atoms with Crippen molar-refractivity contribution < 1.29 is 56.5 Å². The Morgan fingerprint density at radius 2 is 0.938 bits per heavy atom. The topological polar surface area (TPSA) is 196 Å². The number of alkyl halides is 3. The lowest BCUT2D eigenvalue weighted by atomic mass is 9.93. The summed E-state index contributed by atoms with van der Waals surface area (Å²) in [4.78, 5) is 75.8. The first-order valence-electron chi connectivity index (χ1n) is 33.6. The van der Waals surface area contributed by atoms with Gasteiger partial charge in [0.05, 0.1) is 53.4 Å². The van der Waals surface area contributed by atoms with E-state index in [9.17, 15) is 47.4 Å². The van der Waals surface area contributed by atoms with Crippen LogP contribution in [0.3, 0.4) is 0 Å². The third-order valence-electron chi connectivity index (χ3n) is 17.8. The van der Waals surface area contributed by atoms with Gasteiger partial charge in [0.25, 0.3) is 29.5 Å². The van der Waals surface area contributed by atoms with Crippen molar-refractivity contribution in [2.75, 3.05) is 45.9 Å². The lowest BCUT2D eigenvalue weighted by Gasteiger charge is -2.36. The molecule has 0 unspecified atom stereocenters. The number of aryl methyl sites for hydroxylation is 2. The molecule has 4 heterocycles. The largest absolute Gasteiger partial charge is 0.573 e. The van der Waals surface area contributed by atoms with Crippen LogP contribution in [-0.2, 0) is 25.9 Å². The quantitative estimate of drug-likeness (QED) is 0.0463. The van der Waals surface area contributed by atoms with Crippen LogP contribution in [0.2, 0.25) is 0 Å². The summed E-state index contributed by atoms with van der Waals surface area (Å²) >= 11 is 0. The molecule has 5 amide bonds. The summed E-state index contributed by atoms with van der Waals surface area (Å²) in [6.45, 7) is 16.8. The van der Waals surface area contributed by atoms with Crippen molar-refractivity contribution in [1.29, 1.82) is 0 Å². The van der Waals surface area contributed by atoms with Gasteiger partial charge in [0, 0.05) is 57.2 Å². The Bertz CT molecular complexity index is 4070. The Morgan fingerprint density at radius 1 is 0.526 bits per heavy atom. The van der Waals surface area contributed by atoms with Gasteiger partial charge in [0.2, 0.25) is 0 Å². The van der Waals surface area contributed by atoms with Crippen LogP contribution in [0.4, 0.5) is 17.6 Å². The fourth-order valence-electron chi connectivity index (χ4n) is 12.4. The van der Waals surface area contributed by atoms with E-state index in [1.807, 2.05) is 65.3 Å². The van der Waals surface area contributed by atoms with Crippen LogP contribution in [-0.4, -0.2) is 143 Å². The molecule has 2 atom stereocenters. The molecule has 0 radical (unpaired) electrons. The molecule has 0 aliphatic carbocycles. The lowest BCUT2D eigenvalue weighted by Crippen LogP contribution is -2.46. The summed E-state index contributed by atoms with van der Waals surface area (Å²) in [5.74, 6) is -2.58. The summed E-state index contributed by atoms with van der Waals surface area (Å²) in [6, 6.07) is 38.3. The fourth-order valence-corrected chi connectivity index (χ4v) is 12.4. The molecule has 8 aromatic rings. The van der Waals surface area contributed by atoms with Gasteiger partial charge in [-0.25, -0.2) is 13.8 Å². The molecule has 21 heteroatoms. The van der Waals surface area contributed by atoms with Crippen LogP contribution in [0.5, 0.6) is 5.75 Å². The number of hydrogen-bond donors (Lipinski definition) is 3. The van der Waals surface area contributed by atoms with Crippen LogP contribution < -0.4 is 10.1 Å². The van der Waals surface area contributed by atoms with E-state index in [-0.39, 0.29) is 66.0 Å². The Morgan fingerprint density at radius 3 is 1.34 bits per heavy atom. The number of carbonyl (C=O) groups excluding carboxylic acids is 5. The van der Waals surface area contributed by atoms with E-state index in [0.29, 0.717) is 108 Å². The summed E-state index contributed by atoms with van der Waals surface area (Å²) in [5.41, 5.74) is 9.28. The highest BCUT2D eigenvalue weighted by atomic mass is 19.4. The normalized spacial score (nSPS) is 14.2. The summed E-state index contributed by atoms with van der Waals surface area (Å²) in [6.07, 6.45) is 3.47. The van der Waals surface area contributed by atoms with Crippen molar-refractivity contribution >= 4 is 29.5 Å². The van der Waals surface area contributed by atoms with Crippen molar-refractivity contribution in [2.24, 2.45) is 0 Å². The molecule has 97 heavy (non-hydrogen) atoms. The Kier molecular flexibility index (Phi) is 24.4. The molecule has 0 saturated carbocycles. The number of aromatic nitrogens is 4. The van der Waals surface area contributed by atoms with E-state index < -0.39 is 30.2 Å². The van der Waals surface area contributed by atoms with E-state index in [4.69, 9.17) is 10.2 Å².